The van der Waals surface area contributed by atoms with Gasteiger partial charge in [-0.15, -0.1) is 0 Å². The van der Waals surface area contributed by atoms with Crippen molar-refractivity contribution in [1.29, 1.82) is 0 Å². The second-order valence-electron chi connectivity index (χ2n) is 3.33. The van der Waals surface area contributed by atoms with Crippen LogP contribution in [0.25, 0.3) is 0 Å². The molecule has 1 rings (SSSR count). The topological polar surface area (TPSA) is 55.1 Å². The predicted molar refractivity (Wildman–Crippen MR) is 63.5 cm³/mol. The van der Waals surface area contributed by atoms with Crippen LogP contribution in [0, 0.1) is 6.92 Å². The Balaban J connectivity index is 3.04. The van der Waals surface area contributed by atoms with Gasteiger partial charge in [-0.25, -0.2) is 0 Å². The van der Waals surface area contributed by atoms with E-state index in [1.165, 1.54) is 0 Å². The highest BCUT2D eigenvalue weighted by Crippen LogP contribution is 2.32. The van der Waals surface area contributed by atoms with Crippen LogP contribution in [0.2, 0.25) is 10.0 Å². The third-order valence-electron chi connectivity index (χ3n) is 1.95. The number of amides is 1. The smallest absolute Gasteiger partial charge is 0.241 e. The van der Waals surface area contributed by atoms with E-state index in [0.29, 0.717) is 15.7 Å². The minimum absolute atomic E-state index is 0.315. The lowest BCUT2D eigenvalue weighted by Crippen LogP contribution is -2.32. The Morgan fingerprint density at radius 3 is 2.60 bits per heavy atom. The van der Waals surface area contributed by atoms with Crippen molar-refractivity contribution >= 4 is 34.8 Å². The molecule has 3 N–H and O–H groups in total. The Hall–Kier alpha value is -0.770. The van der Waals surface area contributed by atoms with Crippen LogP contribution >= 0.6 is 23.2 Å². The molecule has 82 valence electrons. The third-order valence-corrected chi connectivity index (χ3v) is 2.75. The minimum Gasteiger partial charge on any atom is -0.322 e. The summed E-state index contributed by atoms with van der Waals surface area (Å²) in [7, 11) is 0. The number of carbonyl (C=O) groups excluding carboxylic acids is 1. The fourth-order valence-electron chi connectivity index (χ4n) is 1.01. The van der Waals surface area contributed by atoms with Gasteiger partial charge in [-0.1, -0.05) is 29.3 Å². The monoisotopic (exact) mass is 246 g/mol. The zero-order valence-electron chi connectivity index (χ0n) is 8.47. The van der Waals surface area contributed by atoms with E-state index in [1.807, 2.05) is 6.92 Å². The quantitative estimate of drug-likeness (QED) is 0.843. The van der Waals surface area contributed by atoms with Crippen LogP contribution in [0.1, 0.15) is 12.5 Å². The first-order chi connectivity index (χ1) is 6.93. The Labute approximate surface area is 98.5 Å². The molecule has 0 saturated heterocycles. The average molecular weight is 247 g/mol. The van der Waals surface area contributed by atoms with Crippen LogP contribution in [-0.4, -0.2) is 11.9 Å². The largest absolute Gasteiger partial charge is 0.322 e. The van der Waals surface area contributed by atoms with Crippen molar-refractivity contribution in [3.8, 4) is 0 Å². The summed E-state index contributed by atoms with van der Waals surface area (Å²) in [5.41, 5.74) is 6.69. The van der Waals surface area contributed by atoms with E-state index in [-0.39, 0.29) is 5.91 Å². The van der Waals surface area contributed by atoms with E-state index < -0.39 is 6.04 Å². The lowest BCUT2D eigenvalue weighted by molar-refractivity contribution is -0.117. The molecule has 1 atom stereocenters. The summed E-state index contributed by atoms with van der Waals surface area (Å²) in [5, 5.41) is 3.43. The Bertz CT molecular complexity index is 391. The Kier molecular flexibility index (Phi) is 3.97. The van der Waals surface area contributed by atoms with E-state index in [0.717, 1.165) is 5.56 Å². The Morgan fingerprint density at radius 2 is 2.07 bits per heavy atom. The van der Waals surface area contributed by atoms with Crippen LogP contribution < -0.4 is 11.1 Å². The molecule has 0 aliphatic carbocycles. The normalized spacial score (nSPS) is 12.3. The second kappa shape index (κ2) is 4.84. The molecule has 1 aromatic rings. The van der Waals surface area contributed by atoms with Gasteiger partial charge >= 0.3 is 0 Å². The molecule has 5 heteroatoms. The van der Waals surface area contributed by atoms with Crippen molar-refractivity contribution in [3.63, 3.8) is 0 Å². The van der Waals surface area contributed by atoms with Gasteiger partial charge in [-0.05, 0) is 25.5 Å². The van der Waals surface area contributed by atoms with Crippen LogP contribution in [0.15, 0.2) is 12.1 Å². The number of benzene rings is 1. The van der Waals surface area contributed by atoms with Gasteiger partial charge in [0.15, 0.2) is 0 Å². The molecular weight excluding hydrogens is 235 g/mol. The molecule has 3 nitrogen and oxygen atoms in total. The average Bonchev–Trinajstić information content (AvgIpc) is 2.18. The number of nitrogens with two attached hydrogens (primary N) is 1. The molecule has 0 fully saturated rings. The van der Waals surface area contributed by atoms with Crippen molar-refractivity contribution in [2.75, 3.05) is 5.32 Å². The molecule has 0 bridgehead atoms. The molecule has 1 aromatic carbocycles. The second-order valence-corrected chi connectivity index (χ2v) is 4.12. The highest BCUT2D eigenvalue weighted by atomic mass is 35.5. The van der Waals surface area contributed by atoms with Crippen molar-refractivity contribution in [1.82, 2.24) is 0 Å². The molecule has 0 saturated carbocycles. The summed E-state index contributed by atoms with van der Waals surface area (Å²) in [4.78, 5) is 11.4. The van der Waals surface area contributed by atoms with Crippen LogP contribution in [0.4, 0.5) is 5.69 Å². The molecule has 15 heavy (non-hydrogen) atoms. The van der Waals surface area contributed by atoms with E-state index in [9.17, 15) is 4.79 Å². The first kappa shape index (κ1) is 12.3. The van der Waals surface area contributed by atoms with Gasteiger partial charge in [0.05, 0.1) is 21.8 Å². The standard InChI is InChI=1S/C10H12Cl2N2O/c1-5-3-4-7(11)9(8(5)12)14-10(15)6(2)13/h3-4,6H,13H2,1-2H3,(H,14,15)/t6-/m0/s1. The van der Waals surface area contributed by atoms with E-state index in [1.54, 1.807) is 19.1 Å². The summed E-state index contributed by atoms with van der Waals surface area (Å²) in [6.07, 6.45) is 0. The number of rotatable bonds is 2. The molecule has 0 heterocycles. The van der Waals surface area contributed by atoms with Crippen LogP contribution in [0.5, 0.6) is 0 Å². The zero-order chi connectivity index (χ0) is 11.6. The van der Waals surface area contributed by atoms with Gasteiger partial charge in [-0.2, -0.15) is 0 Å². The number of nitrogens with one attached hydrogen (secondary N) is 1. The van der Waals surface area contributed by atoms with E-state index >= 15 is 0 Å². The molecular formula is C10H12Cl2N2O. The summed E-state index contributed by atoms with van der Waals surface area (Å²) in [6, 6.07) is 2.86. The summed E-state index contributed by atoms with van der Waals surface area (Å²) in [6.45, 7) is 3.42. The van der Waals surface area contributed by atoms with Crippen molar-refractivity contribution in [3.05, 3.63) is 27.7 Å². The highest BCUT2D eigenvalue weighted by Gasteiger charge is 2.13. The van der Waals surface area contributed by atoms with E-state index in [2.05, 4.69) is 5.32 Å². The maximum Gasteiger partial charge on any atom is 0.241 e. The summed E-state index contributed by atoms with van der Waals surface area (Å²) < 4.78 is 0. The maximum atomic E-state index is 11.4. The highest BCUT2D eigenvalue weighted by molar-refractivity contribution is 6.40. The molecule has 0 unspecified atom stereocenters. The van der Waals surface area contributed by atoms with Gasteiger partial charge < -0.3 is 11.1 Å². The molecule has 1 amide bonds. The first-order valence-electron chi connectivity index (χ1n) is 4.44. The number of carbonyl (C=O) groups is 1. The summed E-state index contributed by atoms with van der Waals surface area (Å²) >= 11 is 11.9. The van der Waals surface area contributed by atoms with Crippen molar-refractivity contribution in [2.24, 2.45) is 5.73 Å². The summed E-state index contributed by atoms with van der Waals surface area (Å²) in [5.74, 6) is -0.315. The SMILES string of the molecule is Cc1ccc(Cl)c(NC(=O)[C@H](C)N)c1Cl. The molecule has 0 aromatic heterocycles. The fraction of sp³-hybridized carbons (Fsp3) is 0.300. The molecule has 0 aliphatic rings. The molecule has 0 aliphatic heterocycles. The van der Waals surface area contributed by atoms with E-state index in [4.69, 9.17) is 28.9 Å². The van der Waals surface area contributed by atoms with Gasteiger partial charge in [-0.3, -0.25) is 4.79 Å². The lowest BCUT2D eigenvalue weighted by atomic mass is 10.2. The van der Waals surface area contributed by atoms with Gasteiger partial charge in [0.25, 0.3) is 0 Å². The number of hydrogen-bond acceptors (Lipinski definition) is 2. The fourth-order valence-corrected chi connectivity index (χ4v) is 1.47. The Morgan fingerprint density at radius 1 is 1.47 bits per heavy atom. The van der Waals surface area contributed by atoms with Crippen molar-refractivity contribution in [2.45, 2.75) is 19.9 Å². The number of hydrogen-bond donors (Lipinski definition) is 2. The van der Waals surface area contributed by atoms with Gasteiger partial charge in [0.2, 0.25) is 5.91 Å². The lowest BCUT2D eigenvalue weighted by Gasteiger charge is -2.12. The van der Waals surface area contributed by atoms with Gasteiger partial charge in [0, 0.05) is 0 Å². The predicted octanol–water partition coefficient (Wildman–Crippen LogP) is 2.59. The number of aryl methyl sites for hydroxylation is 1. The van der Waals surface area contributed by atoms with Crippen LogP contribution in [-0.2, 0) is 4.79 Å². The zero-order valence-corrected chi connectivity index (χ0v) is 9.99. The number of anilines is 1. The maximum absolute atomic E-state index is 11.4. The molecule has 0 spiro atoms. The molecule has 0 radical (unpaired) electrons. The van der Waals surface area contributed by atoms with Crippen molar-refractivity contribution < 1.29 is 4.79 Å². The van der Waals surface area contributed by atoms with Crippen LogP contribution in [0.3, 0.4) is 0 Å². The van der Waals surface area contributed by atoms with Gasteiger partial charge in [0.1, 0.15) is 0 Å². The minimum atomic E-state index is -0.599. The third kappa shape index (κ3) is 2.84. The first-order valence-corrected chi connectivity index (χ1v) is 5.20. The number of halogens is 2.